The van der Waals surface area contributed by atoms with Gasteiger partial charge in [-0.1, -0.05) is 24.3 Å². The van der Waals surface area contributed by atoms with E-state index >= 15 is 0 Å². The summed E-state index contributed by atoms with van der Waals surface area (Å²) in [6, 6.07) is 16.2. The molecule has 6 rings (SSSR count). The number of rotatable bonds is 4. The van der Waals surface area contributed by atoms with Crippen molar-refractivity contribution in [3.63, 3.8) is 0 Å². The first kappa shape index (κ1) is 21.4. The summed E-state index contributed by atoms with van der Waals surface area (Å²) in [5.74, 6) is 1.16. The number of hydrogen-bond acceptors (Lipinski definition) is 3. The van der Waals surface area contributed by atoms with Crippen molar-refractivity contribution in [2.75, 3.05) is 32.1 Å². The third kappa shape index (κ3) is 3.63. The van der Waals surface area contributed by atoms with Crippen molar-refractivity contribution in [2.24, 2.45) is 5.92 Å². The Morgan fingerprint density at radius 2 is 1.94 bits per heavy atom. The van der Waals surface area contributed by atoms with E-state index in [2.05, 4.69) is 54.3 Å². The van der Waals surface area contributed by atoms with Crippen LogP contribution in [0.5, 0.6) is 0 Å². The summed E-state index contributed by atoms with van der Waals surface area (Å²) < 4.78 is 4.36. The first-order valence-corrected chi connectivity index (χ1v) is 11.8. The lowest BCUT2D eigenvalue weighted by molar-refractivity contribution is -0.120. The second-order valence-electron chi connectivity index (χ2n) is 9.57. The van der Waals surface area contributed by atoms with Gasteiger partial charge in [0.25, 0.3) is 0 Å². The van der Waals surface area contributed by atoms with Crippen LogP contribution in [0, 0.1) is 12.5 Å². The van der Waals surface area contributed by atoms with Crippen LogP contribution in [0.2, 0.25) is 0 Å². The van der Waals surface area contributed by atoms with Crippen LogP contribution in [0.4, 0.5) is 11.4 Å². The number of aromatic nitrogens is 3. The average molecular weight is 463 g/mol. The molecule has 174 valence electrons. The zero-order valence-corrected chi connectivity index (χ0v) is 19.8. The Bertz CT molecular complexity index is 1470. The lowest BCUT2D eigenvalue weighted by atomic mass is 10.1. The van der Waals surface area contributed by atoms with Gasteiger partial charge in [0.1, 0.15) is 0 Å². The van der Waals surface area contributed by atoms with Gasteiger partial charge in [0.05, 0.1) is 23.9 Å². The zero-order valence-electron chi connectivity index (χ0n) is 19.8. The minimum Gasteiger partial charge on any atom is -0.340 e. The molecule has 0 bridgehead atoms. The van der Waals surface area contributed by atoms with E-state index in [1.165, 1.54) is 0 Å². The molecule has 1 unspecified atom stereocenters. The van der Waals surface area contributed by atoms with Crippen molar-refractivity contribution in [1.29, 1.82) is 0 Å². The quantitative estimate of drug-likeness (QED) is 0.359. The lowest BCUT2D eigenvalue weighted by Gasteiger charge is -2.20. The fourth-order valence-electron chi connectivity index (χ4n) is 5.29. The Labute approximate surface area is 204 Å². The molecular formula is C28H26N6O. The molecule has 4 heterocycles. The molecule has 1 amide bonds. The molecule has 35 heavy (non-hydrogen) atoms. The summed E-state index contributed by atoms with van der Waals surface area (Å²) in [5.41, 5.74) is 7.03. The van der Waals surface area contributed by atoms with E-state index in [0.717, 1.165) is 59.1 Å². The fourth-order valence-corrected chi connectivity index (χ4v) is 5.29. The molecule has 2 aliphatic rings. The molecule has 1 atom stereocenters. The van der Waals surface area contributed by atoms with Crippen molar-refractivity contribution in [3.8, 4) is 28.3 Å². The molecule has 7 nitrogen and oxygen atoms in total. The standard InChI is InChI=1S/C28H26N6O/c1-29-23-6-4-19(5-7-23)21-15-26-27-30-11-13-34(27)25-9-8-24(14-22(25)18-32(26)17-21)33-12-10-20(28(33)35)16-31(2)3/h4-9,11,13-15,17,20H,10,12,16,18H2,2-3H3. The number of imidazole rings is 1. The summed E-state index contributed by atoms with van der Waals surface area (Å²) >= 11 is 0. The molecule has 7 heteroatoms. The lowest BCUT2D eigenvalue weighted by Crippen LogP contribution is -2.31. The van der Waals surface area contributed by atoms with Gasteiger partial charge in [-0.25, -0.2) is 9.83 Å². The highest BCUT2D eigenvalue weighted by Gasteiger charge is 2.33. The normalized spacial score (nSPS) is 16.6. The molecule has 2 aromatic heterocycles. The van der Waals surface area contributed by atoms with Gasteiger partial charge in [0.15, 0.2) is 11.5 Å². The maximum Gasteiger partial charge on any atom is 0.231 e. The van der Waals surface area contributed by atoms with Crippen molar-refractivity contribution < 1.29 is 4.79 Å². The maximum atomic E-state index is 13.1. The Hall–Kier alpha value is -4.15. The molecule has 0 saturated carbocycles. The van der Waals surface area contributed by atoms with Crippen molar-refractivity contribution in [3.05, 3.63) is 84.1 Å². The summed E-state index contributed by atoms with van der Waals surface area (Å²) in [5, 5.41) is 0. The first-order chi connectivity index (χ1) is 17.0. The molecule has 2 aromatic carbocycles. The van der Waals surface area contributed by atoms with E-state index in [1.54, 1.807) is 0 Å². The third-order valence-corrected chi connectivity index (χ3v) is 6.97. The van der Waals surface area contributed by atoms with Crippen molar-refractivity contribution in [2.45, 2.75) is 13.0 Å². The van der Waals surface area contributed by atoms with Gasteiger partial charge in [0.2, 0.25) is 5.91 Å². The summed E-state index contributed by atoms with van der Waals surface area (Å²) in [6.07, 6.45) is 6.86. The molecule has 0 radical (unpaired) electrons. The summed E-state index contributed by atoms with van der Waals surface area (Å²) in [7, 11) is 4.03. The minimum atomic E-state index is 0.0527. The van der Waals surface area contributed by atoms with Gasteiger partial charge in [-0.3, -0.25) is 9.36 Å². The highest BCUT2D eigenvalue weighted by Crippen LogP contribution is 2.36. The van der Waals surface area contributed by atoms with Gasteiger partial charge < -0.3 is 14.4 Å². The van der Waals surface area contributed by atoms with Crippen LogP contribution in [0.15, 0.2) is 67.1 Å². The highest BCUT2D eigenvalue weighted by molar-refractivity contribution is 5.97. The Balaban J connectivity index is 1.38. The molecule has 2 aliphatic heterocycles. The fraction of sp³-hybridized carbons (Fsp3) is 0.250. The number of hydrogen-bond donors (Lipinski definition) is 0. The molecule has 1 saturated heterocycles. The predicted molar refractivity (Wildman–Crippen MR) is 137 cm³/mol. The van der Waals surface area contributed by atoms with Crippen LogP contribution >= 0.6 is 0 Å². The Kier molecular flexibility index (Phi) is 5.05. The van der Waals surface area contributed by atoms with E-state index in [1.807, 2.05) is 55.7 Å². The molecule has 1 fully saturated rings. The Morgan fingerprint density at radius 1 is 1.11 bits per heavy atom. The SMILES string of the molecule is [C-]#[N+]c1ccc(-c2cc3n(c2)Cc2cc(N4CCC(CN(C)C)C4=O)ccc2-n2ccnc2-3)cc1. The van der Waals surface area contributed by atoms with Gasteiger partial charge in [-0.15, -0.1) is 0 Å². The third-order valence-electron chi connectivity index (χ3n) is 6.97. The van der Waals surface area contributed by atoms with Gasteiger partial charge in [-0.05, 0) is 55.9 Å². The number of benzene rings is 2. The number of carbonyl (C=O) groups is 1. The maximum absolute atomic E-state index is 13.1. The van der Waals surface area contributed by atoms with Crippen LogP contribution in [0.1, 0.15) is 12.0 Å². The predicted octanol–water partition coefficient (Wildman–Crippen LogP) is 4.83. The summed E-state index contributed by atoms with van der Waals surface area (Å²) in [4.78, 5) is 25.3. The van der Waals surface area contributed by atoms with E-state index in [9.17, 15) is 4.79 Å². The number of anilines is 1. The first-order valence-electron chi connectivity index (χ1n) is 11.8. The van der Waals surface area contributed by atoms with E-state index in [-0.39, 0.29) is 11.8 Å². The van der Waals surface area contributed by atoms with Gasteiger partial charge >= 0.3 is 0 Å². The van der Waals surface area contributed by atoms with E-state index in [4.69, 9.17) is 6.57 Å². The zero-order chi connectivity index (χ0) is 24.1. The molecule has 0 aliphatic carbocycles. The highest BCUT2D eigenvalue weighted by atomic mass is 16.2. The molecular weight excluding hydrogens is 436 g/mol. The molecule has 0 N–H and O–H groups in total. The smallest absolute Gasteiger partial charge is 0.231 e. The molecule has 4 aromatic rings. The van der Waals surface area contributed by atoms with Crippen LogP contribution < -0.4 is 4.90 Å². The second kappa shape index (κ2) is 8.26. The summed E-state index contributed by atoms with van der Waals surface area (Å²) in [6.45, 7) is 9.42. The topological polar surface area (TPSA) is 50.7 Å². The van der Waals surface area contributed by atoms with Crippen molar-refractivity contribution in [1.82, 2.24) is 19.0 Å². The molecule has 0 spiro atoms. The number of amides is 1. The van der Waals surface area contributed by atoms with Crippen LogP contribution in [0.25, 0.3) is 33.2 Å². The van der Waals surface area contributed by atoms with Crippen LogP contribution in [-0.4, -0.2) is 52.1 Å². The average Bonchev–Trinajstić information content (AvgIpc) is 3.57. The monoisotopic (exact) mass is 462 g/mol. The number of fused-ring (bicyclic) bond motifs is 5. The van der Waals surface area contributed by atoms with Gasteiger partial charge in [-0.2, -0.15) is 0 Å². The number of carbonyl (C=O) groups excluding carboxylic acids is 1. The van der Waals surface area contributed by atoms with Crippen LogP contribution in [-0.2, 0) is 11.3 Å². The van der Waals surface area contributed by atoms with Gasteiger partial charge in [0, 0.05) is 49.5 Å². The largest absolute Gasteiger partial charge is 0.340 e. The number of nitrogens with zero attached hydrogens (tertiary/aromatic N) is 6. The Morgan fingerprint density at radius 3 is 2.71 bits per heavy atom. The van der Waals surface area contributed by atoms with E-state index < -0.39 is 0 Å². The minimum absolute atomic E-state index is 0.0527. The second-order valence-corrected chi connectivity index (χ2v) is 9.57. The van der Waals surface area contributed by atoms with Crippen LogP contribution in [0.3, 0.4) is 0 Å². The van der Waals surface area contributed by atoms with Crippen molar-refractivity contribution >= 4 is 17.3 Å². The van der Waals surface area contributed by atoms with E-state index in [0.29, 0.717) is 12.2 Å².